The van der Waals surface area contributed by atoms with Crippen LogP contribution < -0.4 is 4.90 Å². The van der Waals surface area contributed by atoms with Crippen molar-refractivity contribution in [1.29, 1.82) is 0 Å². The lowest BCUT2D eigenvalue weighted by atomic mass is 10.0. The number of rotatable bonds is 6. The number of nitrogens with zero attached hydrogens (tertiary/aromatic N) is 1. The standard InChI is InChI=1S/C22H23N/c1-2-3-18-23(20-14-8-5-9-15-20)22-17-11-10-16-21(22)19-12-6-4-7-13-19/h4-17H,2-3,18H2,1H3. The van der Waals surface area contributed by atoms with E-state index in [1.807, 2.05) is 0 Å². The summed E-state index contributed by atoms with van der Waals surface area (Å²) in [5.41, 5.74) is 5.08. The Hall–Kier alpha value is -2.54. The Bertz CT molecular complexity index is 719. The summed E-state index contributed by atoms with van der Waals surface area (Å²) in [7, 11) is 0. The van der Waals surface area contributed by atoms with Crippen LogP contribution in [0.1, 0.15) is 19.8 Å². The fraction of sp³-hybridized carbons (Fsp3) is 0.182. The quantitative estimate of drug-likeness (QED) is 0.517. The van der Waals surface area contributed by atoms with Gasteiger partial charge in [-0.3, -0.25) is 0 Å². The maximum Gasteiger partial charge on any atom is 0.0490 e. The average Bonchev–Trinajstić information content (AvgIpc) is 2.64. The SMILES string of the molecule is CCCCN(c1ccccc1)c1ccccc1-c1ccccc1. The molecule has 0 N–H and O–H groups in total. The van der Waals surface area contributed by atoms with Gasteiger partial charge in [0.05, 0.1) is 0 Å². The van der Waals surface area contributed by atoms with Crippen LogP contribution in [0.2, 0.25) is 0 Å². The molecule has 0 aliphatic heterocycles. The molecule has 3 aromatic carbocycles. The first-order valence-corrected chi connectivity index (χ1v) is 8.37. The van der Waals surface area contributed by atoms with Gasteiger partial charge in [-0.25, -0.2) is 0 Å². The Morgan fingerprint density at radius 1 is 0.696 bits per heavy atom. The highest BCUT2D eigenvalue weighted by atomic mass is 15.1. The first-order valence-electron chi connectivity index (χ1n) is 8.37. The Morgan fingerprint density at radius 2 is 1.30 bits per heavy atom. The summed E-state index contributed by atoms with van der Waals surface area (Å²) in [4.78, 5) is 2.44. The summed E-state index contributed by atoms with van der Waals surface area (Å²) in [6.07, 6.45) is 2.37. The van der Waals surface area contributed by atoms with E-state index in [0.29, 0.717) is 0 Å². The van der Waals surface area contributed by atoms with Gasteiger partial charge in [-0.05, 0) is 30.2 Å². The smallest absolute Gasteiger partial charge is 0.0490 e. The third kappa shape index (κ3) is 3.62. The number of unbranched alkanes of at least 4 members (excludes halogenated alkanes) is 1. The van der Waals surface area contributed by atoms with Crippen LogP contribution in [0.3, 0.4) is 0 Å². The van der Waals surface area contributed by atoms with E-state index in [1.54, 1.807) is 0 Å². The van der Waals surface area contributed by atoms with E-state index in [0.717, 1.165) is 6.54 Å². The van der Waals surface area contributed by atoms with Gasteiger partial charge < -0.3 is 4.90 Å². The Labute approximate surface area is 139 Å². The van der Waals surface area contributed by atoms with E-state index in [1.165, 1.54) is 35.3 Å². The second kappa shape index (κ2) is 7.64. The van der Waals surface area contributed by atoms with Crippen LogP contribution in [-0.4, -0.2) is 6.54 Å². The largest absolute Gasteiger partial charge is 0.341 e. The lowest BCUT2D eigenvalue weighted by molar-refractivity contribution is 0.786. The number of anilines is 2. The van der Waals surface area contributed by atoms with E-state index in [4.69, 9.17) is 0 Å². The van der Waals surface area contributed by atoms with Crippen molar-refractivity contribution in [3.8, 4) is 11.1 Å². The summed E-state index contributed by atoms with van der Waals surface area (Å²) < 4.78 is 0. The summed E-state index contributed by atoms with van der Waals surface area (Å²) in [5.74, 6) is 0. The van der Waals surface area contributed by atoms with Crippen molar-refractivity contribution in [2.24, 2.45) is 0 Å². The highest BCUT2D eigenvalue weighted by Gasteiger charge is 2.13. The lowest BCUT2D eigenvalue weighted by Gasteiger charge is -2.27. The molecular weight excluding hydrogens is 278 g/mol. The molecule has 0 aliphatic rings. The molecule has 0 saturated carbocycles. The maximum atomic E-state index is 2.44. The van der Waals surface area contributed by atoms with E-state index < -0.39 is 0 Å². The molecule has 3 aromatic rings. The van der Waals surface area contributed by atoms with Gasteiger partial charge in [0.15, 0.2) is 0 Å². The minimum atomic E-state index is 1.03. The number of hydrogen-bond acceptors (Lipinski definition) is 1. The molecule has 0 unspecified atom stereocenters. The first-order chi connectivity index (χ1) is 11.4. The molecule has 0 fully saturated rings. The van der Waals surface area contributed by atoms with Crippen molar-refractivity contribution in [3.05, 3.63) is 84.9 Å². The molecule has 0 amide bonds. The predicted molar refractivity (Wildman–Crippen MR) is 100 cm³/mol. The molecule has 0 saturated heterocycles. The molecule has 3 rings (SSSR count). The summed E-state index contributed by atoms with van der Waals surface area (Å²) in [5, 5.41) is 0. The van der Waals surface area contributed by atoms with Gasteiger partial charge in [0.1, 0.15) is 0 Å². The van der Waals surface area contributed by atoms with Crippen LogP contribution in [0.15, 0.2) is 84.9 Å². The molecule has 1 nitrogen and oxygen atoms in total. The van der Waals surface area contributed by atoms with Gasteiger partial charge >= 0.3 is 0 Å². The molecule has 0 heterocycles. The van der Waals surface area contributed by atoms with Gasteiger partial charge in [-0.1, -0.05) is 80.1 Å². The van der Waals surface area contributed by atoms with Crippen molar-refractivity contribution in [1.82, 2.24) is 0 Å². The molecular formula is C22H23N. The van der Waals surface area contributed by atoms with E-state index in [2.05, 4.69) is 96.8 Å². The molecule has 116 valence electrons. The first kappa shape index (κ1) is 15.4. The van der Waals surface area contributed by atoms with Crippen molar-refractivity contribution < 1.29 is 0 Å². The van der Waals surface area contributed by atoms with Crippen LogP contribution in [-0.2, 0) is 0 Å². The summed E-state index contributed by atoms with van der Waals surface area (Å²) in [6.45, 7) is 3.27. The number of benzene rings is 3. The third-order valence-corrected chi connectivity index (χ3v) is 4.08. The summed E-state index contributed by atoms with van der Waals surface area (Å²) >= 11 is 0. The normalized spacial score (nSPS) is 10.5. The van der Waals surface area contributed by atoms with Crippen molar-refractivity contribution in [3.63, 3.8) is 0 Å². The molecule has 0 radical (unpaired) electrons. The van der Waals surface area contributed by atoms with Crippen LogP contribution in [0.4, 0.5) is 11.4 Å². The molecule has 23 heavy (non-hydrogen) atoms. The fourth-order valence-electron chi connectivity index (χ4n) is 2.88. The van der Waals surface area contributed by atoms with Crippen LogP contribution in [0, 0.1) is 0 Å². The average molecular weight is 301 g/mol. The second-order valence-electron chi connectivity index (χ2n) is 5.72. The van der Waals surface area contributed by atoms with E-state index in [9.17, 15) is 0 Å². The van der Waals surface area contributed by atoms with Gasteiger partial charge in [0.25, 0.3) is 0 Å². The molecule has 1 heteroatoms. The van der Waals surface area contributed by atoms with Crippen molar-refractivity contribution in [2.45, 2.75) is 19.8 Å². The van der Waals surface area contributed by atoms with Crippen LogP contribution >= 0.6 is 0 Å². The van der Waals surface area contributed by atoms with Gasteiger partial charge in [0, 0.05) is 23.5 Å². The molecule has 0 aromatic heterocycles. The Kier molecular flexibility index (Phi) is 5.10. The van der Waals surface area contributed by atoms with Crippen molar-refractivity contribution >= 4 is 11.4 Å². The Morgan fingerprint density at radius 3 is 2.00 bits per heavy atom. The fourth-order valence-corrected chi connectivity index (χ4v) is 2.88. The second-order valence-corrected chi connectivity index (χ2v) is 5.72. The predicted octanol–water partition coefficient (Wildman–Crippen LogP) is 6.29. The van der Waals surface area contributed by atoms with Gasteiger partial charge in [0.2, 0.25) is 0 Å². The lowest BCUT2D eigenvalue weighted by Crippen LogP contribution is -2.19. The monoisotopic (exact) mass is 301 g/mol. The maximum absolute atomic E-state index is 2.44. The highest BCUT2D eigenvalue weighted by Crippen LogP contribution is 2.35. The Balaban J connectivity index is 2.06. The number of hydrogen-bond donors (Lipinski definition) is 0. The minimum absolute atomic E-state index is 1.03. The van der Waals surface area contributed by atoms with Crippen LogP contribution in [0.5, 0.6) is 0 Å². The zero-order chi connectivity index (χ0) is 15.9. The zero-order valence-electron chi connectivity index (χ0n) is 13.7. The van der Waals surface area contributed by atoms with Gasteiger partial charge in [-0.2, -0.15) is 0 Å². The highest BCUT2D eigenvalue weighted by molar-refractivity contribution is 5.82. The minimum Gasteiger partial charge on any atom is -0.341 e. The van der Waals surface area contributed by atoms with Gasteiger partial charge in [-0.15, -0.1) is 0 Å². The summed E-state index contributed by atoms with van der Waals surface area (Å²) in [6, 6.07) is 30.0. The molecule has 0 bridgehead atoms. The number of para-hydroxylation sites is 2. The molecule has 0 spiro atoms. The van der Waals surface area contributed by atoms with E-state index >= 15 is 0 Å². The molecule has 0 atom stereocenters. The third-order valence-electron chi connectivity index (χ3n) is 4.08. The topological polar surface area (TPSA) is 3.24 Å². The van der Waals surface area contributed by atoms with Crippen molar-refractivity contribution in [2.75, 3.05) is 11.4 Å². The van der Waals surface area contributed by atoms with Crippen LogP contribution in [0.25, 0.3) is 11.1 Å². The zero-order valence-corrected chi connectivity index (χ0v) is 13.7. The van der Waals surface area contributed by atoms with E-state index in [-0.39, 0.29) is 0 Å². The molecule has 0 aliphatic carbocycles.